The van der Waals surface area contributed by atoms with Crippen LogP contribution < -0.4 is 0 Å². The molecule has 4 rings (SSSR count). The zero-order valence-electron chi connectivity index (χ0n) is 14.1. The summed E-state index contributed by atoms with van der Waals surface area (Å²) in [5, 5.41) is 0. The molecule has 2 aliphatic carbocycles. The lowest BCUT2D eigenvalue weighted by molar-refractivity contribution is 0.788. The zero-order valence-corrected chi connectivity index (χ0v) is 16.3. The molecule has 124 valence electrons. The number of hydrogen-bond acceptors (Lipinski definition) is 0. The molecule has 2 aliphatic rings. The van der Waals surface area contributed by atoms with Crippen LogP contribution in [-0.4, -0.2) is 3.92 Å². The number of halogens is 1. The van der Waals surface area contributed by atoms with Crippen molar-refractivity contribution >= 4 is 33.7 Å². The second kappa shape index (κ2) is 7.57. The van der Waals surface area contributed by atoms with Crippen molar-refractivity contribution < 1.29 is 0 Å². The maximum absolute atomic E-state index is 2.51. The summed E-state index contributed by atoms with van der Waals surface area (Å²) in [7, 11) is 0. The molecule has 2 unspecified atom stereocenters. The summed E-state index contributed by atoms with van der Waals surface area (Å²) in [6, 6.07) is 21.5. The van der Waals surface area contributed by atoms with Crippen LogP contribution in [0.5, 0.6) is 0 Å². The molecular weight excluding hydrogens is 415 g/mol. The molecule has 0 saturated carbocycles. The van der Waals surface area contributed by atoms with Crippen LogP contribution in [0.25, 0.3) is 11.1 Å². The summed E-state index contributed by atoms with van der Waals surface area (Å²) in [6.07, 6.45) is 14.1. The van der Waals surface area contributed by atoms with Crippen molar-refractivity contribution in [2.45, 2.75) is 16.8 Å². The minimum Gasteiger partial charge on any atom is -0.0794 e. The van der Waals surface area contributed by atoms with Crippen molar-refractivity contribution in [3.8, 4) is 0 Å². The fraction of sp³-hybridized carbons (Fsp3) is 0.167. The van der Waals surface area contributed by atoms with E-state index in [1.165, 1.54) is 27.8 Å². The molecule has 0 aromatic heterocycles. The fourth-order valence-corrected chi connectivity index (χ4v) is 4.03. The van der Waals surface area contributed by atoms with Crippen molar-refractivity contribution in [2.24, 2.45) is 5.92 Å². The van der Waals surface area contributed by atoms with Crippen LogP contribution in [0.4, 0.5) is 0 Å². The number of rotatable bonds is 3. The summed E-state index contributed by atoms with van der Waals surface area (Å²) < 4.78 is 0.631. The SMILES string of the molecule is IC1C=CC(C2C=C(c3ccccc3)C=C(c3ccccc3)C2)=CC1. The van der Waals surface area contributed by atoms with E-state index in [1.807, 2.05) is 0 Å². The van der Waals surface area contributed by atoms with E-state index in [-0.39, 0.29) is 0 Å². The number of allylic oxidation sites excluding steroid dienone is 8. The van der Waals surface area contributed by atoms with Gasteiger partial charge in [0.05, 0.1) is 0 Å². The van der Waals surface area contributed by atoms with Gasteiger partial charge in [0.15, 0.2) is 0 Å². The highest BCUT2D eigenvalue weighted by atomic mass is 127. The molecule has 0 radical (unpaired) electrons. The first-order valence-electron chi connectivity index (χ1n) is 8.85. The van der Waals surface area contributed by atoms with Crippen molar-refractivity contribution in [1.29, 1.82) is 0 Å². The molecule has 0 fully saturated rings. The first kappa shape index (κ1) is 16.6. The molecular formula is C24H21I. The Labute approximate surface area is 163 Å². The number of alkyl halides is 1. The lowest BCUT2D eigenvalue weighted by atomic mass is 9.80. The Morgan fingerprint density at radius 3 is 2.16 bits per heavy atom. The molecule has 0 spiro atoms. The molecule has 2 atom stereocenters. The molecule has 2 aromatic carbocycles. The summed E-state index contributed by atoms with van der Waals surface area (Å²) >= 11 is 2.51. The Kier molecular flexibility index (Phi) is 5.02. The van der Waals surface area contributed by atoms with Gasteiger partial charge < -0.3 is 0 Å². The summed E-state index contributed by atoms with van der Waals surface area (Å²) in [5.74, 6) is 0.454. The van der Waals surface area contributed by atoms with Crippen molar-refractivity contribution in [1.82, 2.24) is 0 Å². The minimum absolute atomic E-state index is 0.454. The Morgan fingerprint density at radius 2 is 1.52 bits per heavy atom. The maximum atomic E-state index is 2.51. The Balaban J connectivity index is 1.73. The highest BCUT2D eigenvalue weighted by Gasteiger charge is 2.21. The van der Waals surface area contributed by atoms with Crippen LogP contribution >= 0.6 is 22.6 Å². The van der Waals surface area contributed by atoms with Gasteiger partial charge in [-0.05, 0) is 40.7 Å². The van der Waals surface area contributed by atoms with Gasteiger partial charge in [0.25, 0.3) is 0 Å². The molecule has 2 aromatic rings. The van der Waals surface area contributed by atoms with E-state index < -0.39 is 0 Å². The normalized spacial score (nSPS) is 22.8. The van der Waals surface area contributed by atoms with Crippen LogP contribution in [0.3, 0.4) is 0 Å². The van der Waals surface area contributed by atoms with Gasteiger partial charge in [-0.15, -0.1) is 0 Å². The predicted molar refractivity (Wildman–Crippen MR) is 117 cm³/mol. The highest BCUT2D eigenvalue weighted by molar-refractivity contribution is 14.1. The van der Waals surface area contributed by atoms with Gasteiger partial charge in [0.2, 0.25) is 0 Å². The molecule has 0 aliphatic heterocycles. The number of benzene rings is 2. The lowest BCUT2D eigenvalue weighted by Gasteiger charge is -2.25. The third kappa shape index (κ3) is 3.87. The summed E-state index contributed by atoms with van der Waals surface area (Å²) in [4.78, 5) is 0. The van der Waals surface area contributed by atoms with E-state index in [2.05, 4.69) is 114 Å². The second-order valence-corrected chi connectivity index (χ2v) is 8.25. The van der Waals surface area contributed by atoms with Gasteiger partial charge in [-0.3, -0.25) is 0 Å². The molecule has 0 N–H and O–H groups in total. The second-order valence-electron chi connectivity index (χ2n) is 6.65. The molecule has 0 bridgehead atoms. The predicted octanol–water partition coefficient (Wildman–Crippen LogP) is 6.86. The largest absolute Gasteiger partial charge is 0.0794 e. The van der Waals surface area contributed by atoms with Gasteiger partial charge in [-0.25, -0.2) is 0 Å². The van der Waals surface area contributed by atoms with E-state index in [0.29, 0.717) is 9.84 Å². The van der Waals surface area contributed by atoms with Crippen molar-refractivity contribution in [2.75, 3.05) is 0 Å². The first-order valence-corrected chi connectivity index (χ1v) is 10.1. The molecule has 0 nitrogen and oxygen atoms in total. The van der Waals surface area contributed by atoms with Crippen LogP contribution in [0.1, 0.15) is 24.0 Å². The quantitative estimate of drug-likeness (QED) is 0.364. The van der Waals surface area contributed by atoms with Crippen LogP contribution in [0.2, 0.25) is 0 Å². The lowest BCUT2D eigenvalue weighted by Crippen LogP contribution is -2.09. The van der Waals surface area contributed by atoms with Crippen molar-refractivity contribution in [3.05, 3.63) is 108 Å². The summed E-state index contributed by atoms with van der Waals surface area (Å²) in [6.45, 7) is 0. The van der Waals surface area contributed by atoms with Gasteiger partial charge in [0, 0.05) is 9.84 Å². The van der Waals surface area contributed by atoms with E-state index in [0.717, 1.165) is 12.8 Å². The third-order valence-electron chi connectivity index (χ3n) is 4.91. The van der Waals surface area contributed by atoms with E-state index in [4.69, 9.17) is 0 Å². The third-order valence-corrected chi connectivity index (χ3v) is 5.83. The van der Waals surface area contributed by atoms with E-state index >= 15 is 0 Å². The Morgan fingerprint density at radius 1 is 0.840 bits per heavy atom. The molecule has 0 heterocycles. The van der Waals surface area contributed by atoms with Gasteiger partial charge in [-0.1, -0.05) is 114 Å². The Hall–Kier alpha value is -1.87. The van der Waals surface area contributed by atoms with Gasteiger partial charge >= 0.3 is 0 Å². The molecule has 1 heteroatoms. The molecule has 25 heavy (non-hydrogen) atoms. The van der Waals surface area contributed by atoms with E-state index in [9.17, 15) is 0 Å². The van der Waals surface area contributed by atoms with Crippen molar-refractivity contribution in [3.63, 3.8) is 0 Å². The minimum atomic E-state index is 0.454. The molecule has 0 amide bonds. The van der Waals surface area contributed by atoms with Gasteiger partial charge in [0.1, 0.15) is 0 Å². The van der Waals surface area contributed by atoms with E-state index in [1.54, 1.807) is 0 Å². The Bertz CT molecular complexity index is 853. The van der Waals surface area contributed by atoms with Gasteiger partial charge in [-0.2, -0.15) is 0 Å². The van der Waals surface area contributed by atoms with Crippen LogP contribution in [-0.2, 0) is 0 Å². The average molecular weight is 436 g/mol. The van der Waals surface area contributed by atoms with Crippen LogP contribution in [0, 0.1) is 5.92 Å². The monoisotopic (exact) mass is 436 g/mol. The topological polar surface area (TPSA) is 0 Å². The maximum Gasteiger partial charge on any atom is 0.0327 e. The smallest absolute Gasteiger partial charge is 0.0327 e. The molecule has 0 saturated heterocycles. The first-order chi connectivity index (χ1) is 12.3. The summed E-state index contributed by atoms with van der Waals surface area (Å²) in [5.41, 5.74) is 6.86. The number of hydrogen-bond donors (Lipinski definition) is 0. The fourth-order valence-electron chi connectivity index (χ4n) is 3.57. The van der Waals surface area contributed by atoms with Crippen LogP contribution in [0.15, 0.2) is 96.6 Å². The average Bonchev–Trinajstić information content (AvgIpc) is 2.69. The zero-order chi connectivity index (χ0) is 17.1. The highest BCUT2D eigenvalue weighted by Crippen LogP contribution is 2.38. The standard InChI is InChI=1S/C24H21I/c25-24-13-11-20(12-14-24)23-16-21(18-7-3-1-4-8-18)15-22(17-23)19-9-5-2-6-10-19/h1-13,15-16,23-24H,14,17H2.